The van der Waals surface area contributed by atoms with Gasteiger partial charge < -0.3 is 9.84 Å². The Kier molecular flexibility index (Phi) is 4.35. The van der Waals surface area contributed by atoms with E-state index in [0.717, 1.165) is 5.01 Å². The topological polar surface area (TPSA) is 122 Å². The quantitative estimate of drug-likeness (QED) is 0.492. The van der Waals surface area contributed by atoms with Gasteiger partial charge in [0.25, 0.3) is 5.69 Å². The molecule has 0 aromatic heterocycles. The van der Waals surface area contributed by atoms with E-state index in [1.807, 2.05) is 0 Å². The fourth-order valence-electron chi connectivity index (χ4n) is 2.03. The summed E-state index contributed by atoms with van der Waals surface area (Å²) in [6, 6.07) is 4.28. The molecule has 0 bridgehead atoms. The van der Waals surface area contributed by atoms with Gasteiger partial charge in [-0.15, -0.1) is 0 Å². The third kappa shape index (κ3) is 3.03. The summed E-state index contributed by atoms with van der Waals surface area (Å²) in [6.07, 6.45) is -0.128. The molecule has 0 fully saturated rings. The number of carbonyl (C=O) groups excluding carboxylic acids is 1. The van der Waals surface area contributed by atoms with Gasteiger partial charge in [0, 0.05) is 18.6 Å². The van der Waals surface area contributed by atoms with Crippen LogP contribution in [-0.2, 0) is 14.3 Å². The van der Waals surface area contributed by atoms with Crippen LogP contribution in [0.5, 0.6) is 0 Å². The number of carboxylic acids is 1. The molecule has 1 aromatic carbocycles. The molecule has 1 aliphatic heterocycles. The lowest BCUT2D eigenvalue weighted by molar-refractivity contribution is -0.384. The number of anilines is 1. The molecule has 116 valence electrons. The van der Waals surface area contributed by atoms with E-state index < -0.39 is 22.9 Å². The van der Waals surface area contributed by atoms with Crippen LogP contribution in [0.3, 0.4) is 0 Å². The standard InChI is InChI=1S/C13H13N3O6/c1-2-22-13(19)10-7-11(12(17)18)15(14-10)8-4-3-5-9(6-8)16(20)21/h3-6,11H,2,7H2,1H3,(H,17,18). The lowest BCUT2D eigenvalue weighted by Gasteiger charge is -2.19. The van der Waals surface area contributed by atoms with Crippen LogP contribution in [0.15, 0.2) is 29.4 Å². The van der Waals surface area contributed by atoms with Crippen molar-refractivity contribution in [2.24, 2.45) is 5.10 Å². The molecule has 1 aromatic rings. The fourth-order valence-corrected chi connectivity index (χ4v) is 2.03. The van der Waals surface area contributed by atoms with Gasteiger partial charge in [-0.25, -0.2) is 9.59 Å². The Morgan fingerprint density at radius 3 is 2.86 bits per heavy atom. The zero-order valence-corrected chi connectivity index (χ0v) is 11.6. The molecule has 0 aliphatic carbocycles. The first-order chi connectivity index (χ1) is 10.4. The van der Waals surface area contributed by atoms with Crippen molar-refractivity contribution in [3.8, 4) is 0 Å². The number of aliphatic carboxylic acids is 1. The van der Waals surface area contributed by atoms with Crippen molar-refractivity contribution in [1.82, 2.24) is 0 Å². The molecule has 0 saturated carbocycles. The lowest BCUT2D eigenvalue weighted by atomic mass is 10.1. The summed E-state index contributed by atoms with van der Waals surface area (Å²) in [7, 11) is 0. The number of carbonyl (C=O) groups is 2. The summed E-state index contributed by atoms with van der Waals surface area (Å²) in [5, 5.41) is 25.1. The molecule has 0 radical (unpaired) electrons. The number of ether oxygens (including phenoxy) is 1. The second-order valence-electron chi connectivity index (χ2n) is 4.45. The van der Waals surface area contributed by atoms with E-state index in [1.54, 1.807) is 6.92 Å². The van der Waals surface area contributed by atoms with Crippen LogP contribution in [0, 0.1) is 10.1 Å². The maximum Gasteiger partial charge on any atom is 0.354 e. The number of hydrogen-bond acceptors (Lipinski definition) is 7. The van der Waals surface area contributed by atoms with Crippen LogP contribution < -0.4 is 5.01 Å². The molecule has 1 atom stereocenters. The van der Waals surface area contributed by atoms with Crippen molar-refractivity contribution >= 4 is 29.0 Å². The first kappa shape index (κ1) is 15.4. The zero-order chi connectivity index (χ0) is 16.3. The van der Waals surface area contributed by atoms with Gasteiger partial charge in [-0.2, -0.15) is 5.10 Å². The highest BCUT2D eigenvalue weighted by atomic mass is 16.6. The molecule has 1 unspecified atom stereocenters. The molecule has 0 amide bonds. The number of hydrogen-bond donors (Lipinski definition) is 1. The van der Waals surface area contributed by atoms with Gasteiger partial charge in [0.2, 0.25) is 0 Å². The zero-order valence-electron chi connectivity index (χ0n) is 11.6. The Hall–Kier alpha value is -2.97. The minimum Gasteiger partial charge on any atom is -0.480 e. The maximum atomic E-state index is 11.7. The molecular weight excluding hydrogens is 294 g/mol. The van der Waals surface area contributed by atoms with Gasteiger partial charge in [-0.1, -0.05) is 6.07 Å². The van der Waals surface area contributed by atoms with Gasteiger partial charge >= 0.3 is 11.9 Å². The number of rotatable bonds is 5. The fraction of sp³-hybridized carbons (Fsp3) is 0.308. The molecule has 1 aliphatic rings. The third-order valence-electron chi connectivity index (χ3n) is 3.01. The Morgan fingerprint density at radius 1 is 1.55 bits per heavy atom. The number of nitro groups is 1. The molecule has 9 nitrogen and oxygen atoms in total. The lowest BCUT2D eigenvalue weighted by Crippen LogP contribution is -2.34. The second kappa shape index (κ2) is 6.20. The van der Waals surface area contributed by atoms with Gasteiger partial charge in [0.1, 0.15) is 5.71 Å². The Morgan fingerprint density at radius 2 is 2.27 bits per heavy atom. The Balaban J connectivity index is 2.36. The van der Waals surface area contributed by atoms with Gasteiger partial charge in [-0.05, 0) is 13.0 Å². The molecular formula is C13H13N3O6. The minimum absolute atomic E-state index is 0.0271. The minimum atomic E-state index is -1.19. The van der Waals surface area contributed by atoms with Crippen LogP contribution in [-0.4, -0.2) is 40.3 Å². The first-order valence-corrected chi connectivity index (χ1v) is 6.45. The number of nitrogens with zero attached hydrogens (tertiary/aromatic N) is 3. The summed E-state index contributed by atoms with van der Waals surface area (Å²) in [5.74, 6) is -1.88. The van der Waals surface area contributed by atoms with Crippen LogP contribution in [0.4, 0.5) is 11.4 Å². The maximum absolute atomic E-state index is 11.7. The number of nitro benzene ring substituents is 1. The summed E-state index contributed by atoms with van der Waals surface area (Å²) in [5.41, 5.74) is 0.00285. The number of benzene rings is 1. The van der Waals surface area contributed by atoms with Crippen molar-refractivity contribution in [3.63, 3.8) is 0 Å². The number of esters is 1. The molecule has 0 saturated heterocycles. The first-order valence-electron chi connectivity index (χ1n) is 6.45. The number of hydrazone groups is 1. The molecule has 0 spiro atoms. The highest BCUT2D eigenvalue weighted by Gasteiger charge is 2.37. The number of non-ortho nitro benzene ring substituents is 1. The summed E-state index contributed by atoms with van der Waals surface area (Å²) in [4.78, 5) is 33.2. The monoisotopic (exact) mass is 307 g/mol. The summed E-state index contributed by atoms with van der Waals surface area (Å²) < 4.78 is 4.80. The highest BCUT2D eigenvalue weighted by molar-refractivity contribution is 6.38. The van der Waals surface area contributed by atoms with Gasteiger partial charge in [-0.3, -0.25) is 15.1 Å². The predicted octanol–water partition coefficient (Wildman–Crippen LogP) is 1.18. The average molecular weight is 307 g/mol. The molecule has 22 heavy (non-hydrogen) atoms. The Labute approximate surface area is 124 Å². The van der Waals surface area contributed by atoms with Crippen LogP contribution in [0.2, 0.25) is 0 Å². The van der Waals surface area contributed by atoms with Gasteiger partial charge in [0.05, 0.1) is 17.2 Å². The molecule has 1 heterocycles. The van der Waals surface area contributed by atoms with Crippen molar-refractivity contribution in [3.05, 3.63) is 34.4 Å². The van der Waals surface area contributed by atoms with Crippen LogP contribution >= 0.6 is 0 Å². The van der Waals surface area contributed by atoms with E-state index in [1.165, 1.54) is 24.3 Å². The van der Waals surface area contributed by atoms with Crippen LogP contribution in [0.1, 0.15) is 13.3 Å². The number of carboxylic acid groups (broad SMARTS) is 1. The summed E-state index contributed by atoms with van der Waals surface area (Å²) >= 11 is 0. The van der Waals surface area contributed by atoms with E-state index in [2.05, 4.69) is 5.10 Å². The third-order valence-corrected chi connectivity index (χ3v) is 3.01. The molecule has 9 heteroatoms. The van der Waals surface area contributed by atoms with Crippen molar-refractivity contribution < 1.29 is 24.4 Å². The van der Waals surface area contributed by atoms with E-state index >= 15 is 0 Å². The van der Waals surface area contributed by atoms with E-state index in [-0.39, 0.29) is 30.1 Å². The van der Waals surface area contributed by atoms with E-state index in [9.17, 15) is 24.8 Å². The van der Waals surface area contributed by atoms with E-state index in [0.29, 0.717) is 0 Å². The predicted molar refractivity (Wildman–Crippen MR) is 75.7 cm³/mol. The molecule has 1 N–H and O–H groups in total. The average Bonchev–Trinajstić information content (AvgIpc) is 2.93. The van der Waals surface area contributed by atoms with Crippen LogP contribution in [0.25, 0.3) is 0 Å². The largest absolute Gasteiger partial charge is 0.480 e. The molecule has 2 rings (SSSR count). The van der Waals surface area contributed by atoms with Crippen molar-refractivity contribution in [2.75, 3.05) is 11.6 Å². The van der Waals surface area contributed by atoms with Crippen molar-refractivity contribution in [1.29, 1.82) is 0 Å². The van der Waals surface area contributed by atoms with Crippen molar-refractivity contribution in [2.45, 2.75) is 19.4 Å². The Bertz CT molecular complexity index is 657. The normalized spacial score (nSPS) is 17.0. The van der Waals surface area contributed by atoms with E-state index in [4.69, 9.17) is 4.74 Å². The van der Waals surface area contributed by atoms with Gasteiger partial charge in [0.15, 0.2) is 6.04 Å². The second-order valence-corrected chi connectivity index (χ2v) is 4.45. The highest BCUT2D eigenvalue weighted by Crippen LogP contribution is 2.28. The summed E-state index contributed by atoms with van der Waals surface area (Å²) in [6.45, 7) is 1.77. The smallest absolute Gasteiger partial charge is 0.354 e. The SMILES string of the molecule is CCOC(=O)C1=NN(c2cccc([N+](=O)[O-])c2)C(C(=O)O)C1.